The number of thiophene rings is 1. The summed E-state index contributed by atoms with van der Waals surface area (Å²) in [5, 5.41) is 3.95. The van der Waals surface area contributed by atoms with Gasteiger partial charge in [0.05, 0.1) is 24.8 Å². The normalized spacial score (nSPS) is 12.4. The van der Waals surface area contributed by atoms with Crippen molar-refractivity contribution in [1.82, 2.24) is 5.16 Å². The van der Waals surface area contributed by atoms with Crippen molar-refractivity contribution in [3.8, 4) is 16.2 Å². The molecule has 1 unspecified atom stereocenters. The van der Waals surface area contributed by atoms with E-state index in [1.54, 1.807) is 6.07 Å². The number of alkyl halides is 3. The maximum Gasteiger partial charge on any atom is 0.416 e. The van der Waals surface area contributed by atoms with Gasteiger partial charge >= 0.3 is 12.1 Å². The summed E-state index contributed by atoms with van der Waals surface area (Å²) in [6.45, 7) is 0.319. The van der Waals surface area contributed by atoms with Gasteiger partial charge in [-0.05, 0) is 47.5 Å². The fourth-order valence-electron chi connectivity index (χ4n) is 3.43. The third-order valence-corrected chi connectivity index (χ3v) is 6.34. The van der Waals surface area contributed by atoms with Crippen LogP contribution in [0.1, 0.15) is 34.0 Å². The lowest BCUT2D eigenvalue weighted by molar-refractivity contribution is -0.141. The molecule has 0 saturated heterocycles. The second-order valence-electron chi connectivity index (χ2n) is 7.46. The van der Waals surface area contributed by atoms with Gasteiger partial charge in [-0.2, -0.15) is 13.2 Å². The Labute approximate surface area is 197 Å². The third-order valence-electron chi connectivity index (χ3n) is 5.24. The molecule has 176 valence electrons. The van der Waals surface area contributed by atoms with E-state index in [1.165, 1.54) is 36.8 Å². The Morgan fingerprint density at radius 3 is 2.38 bits per heavy atom. The van der Waals surface area contributed by atoms with Gasteiger partial charge in [-0.15, -0.1) is 11.3 Å². The first-order valence-electron chi connectivity index (χ1n) is 10.3. The van der Waals surface area contributed by atoms with Gasteiger partial charge in [0.25, 0.3) is 0 Å². The topological polar surface area (TPSA) is 61.6 Å². The fraction of sp³-hybridized carbons (Fsp3) is 0.200. The molecule has 0 spiro atoms. The molecular weight excluding hydrogens is 467 g/mol. The van der Waals surface area contributed by atoms with Crippen LogP contribution in [0, 0.1) is 0 Å². The van der Waals surface area contributed by atoms with Crippen molar-refractivity contribution < 1.29 is 32.0 Å². The molecule has 1 atom stereocenters. The van der Waals surface area contributed by atoms with Crippen LogP contribution < -0.4 is 4.74 Å². The highest BCUT2D eigenvalue weighted by atomic mass is 32.1. The molecule has 2 heterocycles. The fourth-order valence-corrected chi connectivity index (χ4v) is 4.36. The summed E-state index contributed by atoms with van der Waals surface area (Å²) >= 11 is 1.46. The lowest BCUT2D eigenvalue weighted by atomic mass is 9.92. The molecule has 4 aromatic rings. The Balaban J connectivity index is 1.40. The summed E-state index contributed by atoms with van der Waals surface area (Å²) in [6.07, 6.45) is -2.76. The van der Waals surface area contributed by atoms with E-state index in [9.17, 15) is 18.0 Å². The standard InChI is InChI=1S/C25H20F3NO4S/c1-31-24(30)14-21(22-12-13-33-29-22)16-4-8-19(9-5-16)32-15-20-10-11-23(34-20)17-2-6-18(7-3-17)25(26,27)28/h2-13,21H,14-15H2,1H3. The SMILES string of the molecule is COC(=O)CC(c1ccc(OCc2ccc(-c3ccc(C(F)(F)F)cc3)s2)cc1)c1ccon1. The van der Waals surface area contributed by atoms with Crippen LogP contribution in [0.4, 0.5) is 13.2 Å². The summed E-state index contributed by atoms with van der Waals surface area (Å²) in [5.41, 5.74) is 1.55. The summed E-state index contributed by atoms with van der Waals surface area (Å²) in [6, 6.07) is 17.9. The van der Waals surface area contributed by atoms with Gasteiger partial charge in [-0.1, -0.05) is 29.4 Å². The van der Waals surface area contributed by atoms with E-state index in [1.807, 2.05) is 36.4 Å². The highest BCUT2D eigenvalue weighted by molar-refractivity contribution is 7.15. The van der Waals surface area contributed by atoms with Gasteiger partial charge in [-0.3, -0.25) is 4.79 Å². The molecule has 0 aliphatic heterocycles. The maximum atomic E-state index is 12.8. The van der Waals surface area contributed by atoms with Crippen LogP contribution in [0.25, 0.3) is 10.4 Å². The number of rotatable bonds is 8. The number of nitrogens with zero attached hydrogens (tertiary/aromatic N) is 1. The van der Waals surface area contributed by atoms with Gasteiger partial charge in [0.1, 0.15) is 18.6 Å². The molecule has 0 aliphatic carbocycles. The second kappa shape index (κ2) is 10.1. The molecule has 5 nitrogen and oxygen atoms in total. The van der Waals surface area contributed by atoms with E-state index in [0.29, 0.717) is 18.1 Å². The van der Waals surface area contributed by atoms with Gasteiger partial charge in [-0.25, -0.2) is 0 Å². The maximum absolute atomic E-state index is 12.8. The molecular formula is C25H20F3NO4S. The first-order chi connectivity index (χ1) is 16.3. The zero-order chi connectivity index (χ0) is 24.1. The Kier molecular flexibility index (Phi) is 7.02. The van der Waals surface area contributed by atoms with E-state index in [-0.39, 0.29) is 18.3 Å². The summed E-state index contributed by atoms with van der Waals surface area (Å²) in [4.78, 5) is 13.6. The Morgan fingerprint density at radius 2 is 1.76 bits per heavy atom. The highest BCUT2D eigenvalue weighted by Crippen LogP contribution is 2.34. The van der Waals surface area contributed by atoms with Crippen LogP contribution in [0.15, 0.2) is 77.5 Å². The van der Waals surface area contributed by atoms with Crippen molar-refractivity contribution in [2.75, 3.05) is 7.11 Å². The molecule has 0 fully saturated rings. The predicted octanol–water partition coefficient (Wildman–Crippen LogP) is 6.70. The summed E-state index contributed by atoms with van der Waals surface area (Å²) < 4.78 is 53.9. The first-order valence-corrected chi connectivity index (χ1v) is 11.1. The molecule has 9 heteroatoms. The van der Waals surface area contributed by atoms with Gasteiger partial charge < -0.3 is 14.0 Å². The number of hydrogen-bond donors (Lipinski definition) is 0. The first kappa shape index (κ1) is 23.6. The summed E-state index contributed by atoms with van der Waals surface area (Å²) in [7, 11) is 1.34. The number of halogens is 3. The number of benzene rings is 2. The smallest absolute Gasteiger partial charge is 0.416 e. The van der Waals surface area contributed by atoms with Gasteiger partial charge in [0.2, 0.25) is 0 Å². The zero-order valence-electron chi connectivity index (χ0n) is 18.0. The lowest BCUT2D eigenvalue weighted by Gasteiger charge is -2.14. The minimum absolute atomic E-state index is 0.130. The average molecular weight is 487 g/mol. The Bertz CT molecular complexity index is 1220. The molecule has 0 saturated carbocycles. The molecule has 0 N–H and O–H groups in total. The third kappa shape index (κ3) is 5.66. The minimum atomic E-state index is -4.35. The molecule has 2 aromatic heterocycles. The second-order valence-corrected chi connectivity index (χ2v) is 8.62. The van der Waals surface area contributed by atoms with Crippen LogP contribution in [0.5, 0.6) is 5.75 Å². The minimum Gasteiger partial charge on any atom is -0.488 e. The lowest BCUT2D eigenvalue weighted by Crippen LogP contribution is -2.10. The number of aromatic nitrogens is 1. The molecule has 34 heavy (non-hydrogen) atoms. The average Bonchev–Trinajstić information content (AvgIpc) is 3.53. The van der Waals surface area contributed by atoms with Gasteiger partial charge in [0, 0.05) is 21.7 Å². The van der Waals surface area contributed by atoms with Crippen molar-refractivity contribution in [3.05, 3.63) is 94.7 Å². The van der Waals surface area contributed by atoms with Crippen molar-refractivity contribution in [1.29, 1.82) is 0 Å². The molecule has 2 aromatic carbocycles. The number of hydrogen-bond acceptors (Lipinski definition) is 6. The summed E-state index contributed by atoms with van der Waals surface area (Å²) in [5.74, 6) is -0.0103. The number of ether oxygens (including phenoxy) is 2. The van der Waals surface area contributed by atoms with Crippen molar-refractivity contribution in [2.24, 2.45) is 0 Å². The molecule has 0 aliphatic rings. The largest absolute Gasteiger partial charge is 0.488 e. The molecule has 0 radical (unpaired) electrons. The van der Waals surface area contributed by atoms with Crippen LogP contribution in [0.2, 0.25) is 0 Å². The number of carbonyl (C=O) groups is 1. The van der Waals surface area contributed by atoms with Gasteiger partial charge in [0.15, 0.2) is 0 Å². The van der Waals surface area contributed by atoms with E-state index in [0.717, 1.165) is 33.0 Å². The predicted molar refractivity (Wildman–Crippen MR) is 121 cm³/mol. The van der Waals surface area contributed by atoms with Crippen molar-refractivity contribution in [3.63, 3.8) is 0 Å². The van der Waals surface area contributed by atoms with Crippen LogP contribution in [0.3, 0.4) is 0 Å². The van der Waals surface area contributed by atoms with E-state index >= 15 is 0 Å². The number of esters is 1. The van der Waals surface area contributed by atoms with E-state index in [2.05, 4.69) is 5.16 Å². The molecule has 0 bridgehead atoms. The number of methoxy groups -OCH3 is 1. The van der Waals surface area contributed by atoms with Crippen LogP contribution in [-0.4, -0.2) is 18.2 Å². The van der Waals surface area contributed by atoms with Crippen LogP contribution in [-0.2, 0) is 22.3 Å². The highest BCUT2D eigenvalue weighted by Gasteiger charge is 2.30. The van der Waals surface area contributed by atoms with Crippen molar-refractivity contribution in [2.45, 2.75) is 25.1 Å². The monoisotopic (exact) mass is 487 g/mol. The van der Waals surface area contributed by atoms with E-state index < -0.39 is 11.7 Å². The Morgan fingerprint density at radius 1 is 1.03 bits per heavy atom. The number of carbonyl (C=O) groups excluding carboxylic acids is 1. The van der Waals surface area contributed by atoms with Crippen molar-refractivity contribution >= 4 is 17.3 Å². The zero-order valence-corrected chi connectivity index (χ0v) is 18.9. The Hall–Kier alpha value is -3.59. The quantitative estimate of drug-likeness (QED) is 0.259. The molecule has 0 amide bonds. The van der Waals surface area contributed by atoms with E-state index in [4.69, 9.17) is 14.0 Å². The molecule has 4 rings (SSSR count). The van der Waals surface area contributed by atoms with Crippen LogP contribution >= 0.6 is 11.3 Å².